The van der Waals surface area contributed by atoms with Crippen LogP contribution >= 0.6 is 11.8 Å². The number of amides is 1. The lowest BCUT2D eigenvalue weighted by Gasteiger charge is -2.23. The van der Waals surface area contributed by atoms with Crippen LogP contribution in [-0.2, 0) is 29.6 Å². The molecule has 236 valence electrons. The van der Waals surface area contributed by atoms with E-state index in [2.05, 4.69) is 18.8 Å². The molecule has 4 aromatic rings. The summed E-state index contributed by atoms with van der Waals surface area (Å²) in [5.41, 5.74) is 3.62. The SMILES string of the molecule is CC(C)CN1CCC(n2c(SCc3ccc(F)cc3)nc(=O)c3c2CCC3)C1=O.FC(F)(F)c1ccc(-c2ccccc2)cc1. The highest BCUT2D eigenvalue weighted by Crippen LogP contribution is 2.34. The van der Waals surface area contributed by atoms with Gasteiger partial charge in [0.05, 0.1) is 5.56 Å². The van der Waals surface area contributed by atoms with Crippen LogP contribution in [0.1, 0.15) is 55.1 Å². The third kappa shape index (κ3) is 7.84. The molecule has 1 aliphatic carbocycles. The summed E-state index contributed by atoms with van der Waals surface area (Å²) in [7, 11) is 0. The summed E-state index contributed by atoms with van der Waals surface area (Å²) in [6.45, 7) is 5.72. The van der Waals surface area contributed by atoms with Crippen LogP contribution in [0.25, 0.3) is 11.1 Å². The van der Waals surface area contributed by atoms with Gasteiger partial charge < -0.3 is 9.47 Å². The predicted octanol–water partition coefficient (Wildman–Crippen LogP) is 7.97. The molecule has 6 rings (SSSR count). The molecule has 1 saturated heterocycles. The molecule has 0 saturated carbocycles. The Bertz CT molecular complexity index is 1670. The van der Waals surface area contributed by atoms with E-state index in [-0.39, 0.29) is 23.3 Å². The zero-order valence-corrected chi connectivity index (χ0v) is 26.0. The van der Waals surface area contributed by atoms with Crippen LogP contribution in [0.2, 0.25) is 0 Å². The smallest absolute Gasteiger partial charge is 0.341 e. The van der Waals surface area contributed by atoms with Gasteiger partial charge in [-0.3, -0.25) is 9.59 Å². The Morgan fingerprint density at radius 1 is 0.911 bits per heavy atom. The molecule has 10 heteroatoms. The number of carbonyl (C=O) groups is 1. The first-order valence-electron chi connectivity index (χ1n) is 15.0. The van der Waals surface area contributed by atoms with Crippen molar-refractivity contribution in [1.82, 2.24) is 14.5 Å². The minimum absolute atomic E-state index is 0.127. The van der Waals surface area contributed by atoms with Gasteiger partial charge in [0, 0.05) is 30.1 Å². The van der Waals surface area contributed by atoms with Crippen LogP contribution in [-0.4, -0.2) is 33.4 Å². The van der Waals surface area contributed by atoms with Gasteiger partial charge in [-0.15, -0.1) is 0 Å². The molecule has 1 aromatic heterocycles. The number of rotatable bonds is 7. The molecule has 1 aliphatic heterocycles. The number of halogens is 4. The summed E-state index contributed by atoms with van der Waals surface area (Å²) >= 11 is 1.45. The minimum Gasteiger partial charge on any atom is -0.341 e. The Labute approximate surface area is 264 Å². The van der Waals surface area contributed by atoms with E-state index in [0.717, 1.165) is 78.9 Å². The van der Waals surface area contributed by atoms with Gasteiger partial charge in [-0.25, -0.2) is 4.39 Å². The number of likely N-dealkylation sites (tertiary alicyclic amines) is 1. The van der Waals surface area contributed by atoms with Crippen molar-refractivity contribution in [2.75, 3.05) is 13.1 Å². The van der Waals surface area contributed by atoms with E-state index in [1.165, 1.54) is 36.0 Å². The van der Waals surface area contributed by atoms with E-state index < -0.39 is 11.7 Å². The van der Waals surface area contributed by atoms with E-state index in [9.17, 15) is 27.2 Å². The van der Waals surface area contributed by atoms with E-state index >= 15 is 0 Å². The number of hydrogen-bond acceptors (Lipinski definition) is 4. The summed E-state index contributed by atoms with van der Waals surface area (Å²) in [5, 5.41) is 0.602. The zero-order valence-electron chi connectivity index (χ0n) is 25.2. The molecule has 45 heavy (non-hydrogen) atoms. The van der Waals surface area contributed by atoms with E-state index in [4.69, 9.17) is 0 Å². The lowest BCUT2D eigenvalue weighted by molar-refractivity contribution is -0.137. The van der Waals surface area contributed by atoms with Gasteiger partial charge >= 0.3 is 6.18 Å². The second kappa shape index (κ2) is 14.0. The maximum Gasteiger partial charge on any atom is 0.416 e. The van der Waals surface area contributed by atoms with E-state index in [0.29, 0.717) is 16.8 Å². The Balaban J connectivity index is 0.000000211. The maximum atomic E-state index is 13.2. The first-order valence-corrected chi connectivity index (χ1v) is 16.0. The number of carbonyl (C=O) groups excluding carboxylic acids is 1. The highest BCUT2D eigenvalue weighted by molar-refractivity contribution is 7.98. The van der Waals surface area contributed by atoms with Gasteiger partial charge in [0.1, 0.15) is 11.9 Å². The molecule has 1 amide bonds. The van der Waals surface area contributed by atoms with Gasteiger partial charge in [-0.1, -0.05) is 80.2 Å². The molecule has 0 N–H and O–H groups in total. The van der Waals surface area contributed by atoms with Crippen molar-refractivity contribution in [3.05, 3.63) is 117 Å². The van der Waals surface area contributed by atoms with Crippen LogP contribution < -0.4 is 5.56 Å². The van der Waals surface area contributed by atoms with Crippen LogP contribution in [0.3, 0.4) is 0 Å². The Hall–Kier alpha value is -3.92. The van der Waals surface area contributed by atoms with Crippen LogP contribution in [0, 0.1) is 11.7 Å². The lowest BCUT2D eigenvalue weighted by Crippen LogP contribution is -2.33. The Morgan fingerprint density at radius 2 is 1.58 bits per heavy atom. The van der Waals surface area contributed by atoms with Crippen LogP contribution in [0.5, 0.6) is 0 Å². The van der Waals surface area contributed by atoms with E-state index in [1.807, 2.05) is 39.8 Å². The number of aromatic nitrogens is 2. The second-order valence-electron chi connectivity index (χ2n) is 11.7. The molecule has 5 nitrogen and oxygen atoms in total. The summed E-state index contributed by atoms with van der Waals surface area (Å²) in [5.74, 6) is 0.847. The molecule has 2 aliphatic rings. The summed E-state index contributed by atoms with van der Waals surface area (Å²) < 4.78 is 52.2. The Morgan fingerprint density at radius 3 is 2.22 bits per heavy atom. The second-order valence-corrected chi connectivity index (χ2v) is 12.6. The van der Waals surface area contributed by atoms with E-state index in [1.54, 1.807) is 12.1 Å². The number of thioether (sulfide) groups is 1. The predicted molar refractivity (Wildman–Crippen MR) is 168 cm³/mol. The molecule has 0 bridgehead atoms. The quantitative estimate of drug-likeness (QED) is 0.117. The van der Waals surface area contributed by atoms with Crippen molar-refractivity contribution < 1.29 is 22.4 Å². The molecule has 2 heterocycles. The molecule has 1 unspecified atom stereocenters. The minimum atomic E-state index is -4.27. The maximum absolute atomic E-state index is 13.2. The van der Waals surface area contributed by atoms with Crippen molar-refractivity contribution in [3.63, 3.8) is 0 Å². The monoisotopic (exact) mass is 637 g/mol. The lowest BCUT2D eigenvalue weighted by atomic mass is 10.0. The molecule has 3 aromatic carbocycles. The molecule has 1 atom stereocenters. The van der Waals surface area contributed by atoms with Crippen molar-refractivity contribution in [2.24, 2.45) is 5.92 Å². The van der Waals surface area contributed by atoms with Gasteiger partial charge in [0.2, 0.25) is 5.91 Å². The highest BCUT2D eigenvalue weighted by Gasteiger charge is 2.37. The molecule has 0 spiro atoms. The van der Waals surface area contributed by atoms with Gasteiger partial charge in [-0.05, 0) is 72.6 Å². The summed E-state index contributed by atoms with van der Waals surface area (Å²) in [4.78, 5) is 32.0. The Kier molecular flexibility index (Phi) is 10.1. The third-order valence-corrected chi connectivity index (χ3v) is 8.93. The number of nitrogens with zero attached hydrogens (tertiary/aromatic N) is 3. The highest BCUT2D eigenvalue weighted by atomic mass is 32.2. The van der Waals surface area contributed by atoms with Crippen LogP contribution in [0.15, 0.2) is 88.8 Å². The van der Waals surface area contributed by atoms with Crippen molar-refractivity contribution >= 4 is 17.7 Å². The largest absolute Gasteiger partial charge is 0.416 e. The first kappa shape index (κ1) is 32.5. The first-order chi connectivity index (χ1) is 21.5. The topological polar surface area (TPSA) is 55.2 Å². The average Bonchev–Trinajstić information content (AvgIpc) is 3.65. The number of fused-ring (bicyclic) bond motifs is 1. The number of hydrogen-bond donors (Lipinski definition) is 0. The van der Waals surface area contributed by atoms with Gasteiger partial charge in [-0.2, -0.15) is 18.2 Å². The fourth-order valence-corrected chi connectivity index (χ4v) is 6.78. The summed E-state index contributed by atoms with van der Waals surface area (Å²) in [6, 6.07) is 20.5. The molecule has 1 fully saturated rings. The summed E-state index contributed by atoms with van der Waals surface area (Å²) in [6.07, 6.45) is -1.05. The number of alkyl halides is 3. The third-order valence-electron chi connectivity index (χ3n) is 7.91. The molecule has 0 radical (unpaired) electrons. The van der Waals surface area contributed by atoms with Gasteiger partial charge in [0.15, 0.2) is 5.16 Å². The fourth-order valence-electron chi connectivity index (χ4n) is 5.77. The number of benzene rings is 3. The van der Waals surface area contributed by atoms with Gasteiger partial charge in [0.25, 0.3) is 5.56 Å². The fraction of sp³-hybridized carbons (Fsp3) is 0.343. The molecular formula is C35H35F4N3O2S. The van der Waals surface area contributed by atoms with Crippen molar-refractivity contribution in [2.45, 2.75) is 62.7 Å². The van der Waals surface area contributed by atoms with Crippen molar-refractivity contribution in [3.8, 4) is 11.1 Å². The van der Waals surface area contributed by atoms with Crippen LogP contribution in [0.4, 0.5) is 17.6 Å². The normalized spacial score (nSPS) is 16.1. The average molecular weight is 638 g/mol. The standard InChI is InChI=1S/C22H26FN3O2S.C13H9F3/c1-14(2)12-25-11-10-19(21(25)28)26-18-5-3-4-17(18)20(27)24-22(26)29-13-15-6-8-16(23)9-7-15;14-13(15,16)12-8-6-11(7-9-12)10-4-2-1-3-5-10/h6-9,14,19H,3-5,10-13H2,1-2H3;1-9H. The molecular weight excluding hydrogens is 602 g/mol. The van der Waals surface area contributed by atoms with Crippen molar-refractivity contribution in [1.29, 1.82) is 0 Å². The zero-order chi connectivity index (χ0) is 32.1.